The number of carbonyl (C=O) groups is 1. The first-order valence-electron chi connectivity index (χ1n) is 12.0. The van der Waals surface area contributed by atoms with Crippen molar-refractivity contribution in [2.24, 2.45) is 0 Å². The van der Waals surface area contributed by atoms with Crippen molar-refractivity contribution in [1.82, 2.24) is 19.9 Å². The molecule has 0 radical (unpaired) electrons. The zero-order valence-corrected chi connectivity index (χ0v) is 20.3. The van der Waals surface area contributed by atoms with Gasteiger partial charge in [0, 0.05) is 41.8 Å². The van der Waals surface area contributed by atoms with Crippen molar-refractivity contribution in [3.05, 3.63) is 88.6 Å². The van der Waals surface area contributed by atoms with E-state index in [2.05, 4.69) is 54.1 Å². The SMILES string of the molecule is Cc1cccc(-c2cnc(C)nc2[C@@H]2CCCN(C(=O)c3cc(C)nc4ccc(C)cc34)C2)c1. The monoisotopic (exact) mass is 450 g/mol. The quantitative estimate of drug-likeness (QED) is 0.387. The molecule has 1 amide bonds. The van der Waals surface area contributed by atoms with Crippen molar-refractivity contribution < 1.29 is 4.79 Å². The molecule has 0 saturated carbocycles. The normalized spacial score (nSPS) is 16.1. The molecule has 1 fully saturated rings. The molecule has 0 bridgehead atoms. The Kier molecular flexibility index (Phi) is 5.86. The lowest BCUT2D eigenvalue weighted by Gasteiger charge is -2.33. The van der Waals surface area contributed by atoms with Crippen molar-refractivity contribution in [3.63, 3.8) is 0 Å². The average molecular weight is 451 g/mol. The van der Waals surface area contributed by atoms with Gasteiger partial charge in [-0.3, -0.25) is 9.78 Å². The molecule has 5 heteroatoms. The number of aromatic nitrogens is 3. The molecule has 5 nitrogen and oxygen atoms in total. The van der Waals surface area contributed by atoms with Gasteiger partial charge in [-0.05, 0) is 64.3 Å². The van der Waals surface area contributed by atoms with Crippen LogP contribution in [-0.2, 0) is 0 Å². The van der Waals surface area contributed by atoms with Gasteiger partial charge >= 0.3 is 0 Å². The Morgan fingerprint density at radius 3 is 2.62 bits per heavy atom. The first-order valence-corrected chi connectivity index (χ1v) is 12.0. The molecule has 2 aromatic heterocycles. The van der Waals surface area contributed by atoms with Crippen LogP contribution in [0.15, 0.2) is 54.7 Å². The van der Waals surface area contributed by atoms with Crippen molar-refractivity contribution in [3.8, 4) is 11.1 Å². The van der Waals surface area contributed by atoms with Crippen LogP contribution in [0.1, 0.15) is 57.5 Å². The number of fused-ring (bicyclic) bond motifs is 1. The lowest BCUT2D eigenvalue weighted by molar-refractivity contribution is 0.0708. The summed E-state index contributed by atoms with van der Waals surface area (Å²) in [5.41, 5.74) is 8.05. The second kappa shape index (κ2) is 8.98. The number of amides is 1. The van der Waals surface area contributed by atoms with Gasteiger partial charge in [0.25, 0.3) is 5.91 Å². The Hall–Kier alpha value is -3.60. The standard InChI is InChI=1S/C29H30N4O/c1-18-7-5-8-22(13-18)26-16-30-21(4)32-28(26)23-9-6-12-33(17-23)29(34)25-15-20(3)31-27-11-10-19(2)14-24(25)27/h5,7-8,10-11,13-16,23H,6,9,12,17H2,1-4H3/t23-/m1/s1. The number of pyridine rings is 1. The maximum atomic E-state index is 13.8. The molecule has 4 aromatic rings. The summed E-state index contributed by atoms with van der Waals surface area (Å²) in [6, 6.07) is 16.5. The van der Waals surface area contributed by atoms with E-state index in [0.29, 0.717) is 6.54 Å². The van der Waals surface area contributed by atoms with Gasteiger partial charge in [0.05, 0.1) is 16.8 Å². The molecule has 1 aliphatic heterocycles. The lowest BCUT2D eigenvalue weighted by atomic mass is 9.89. The average Bonchev–Trinajstić information content (AvgIpc) is 2.83. The van der Waals surface area contributed by atoms with E-state index in [4.69, 9.17) is 4.98 Å². The molecule has 34 heavy (non-hydrogen) atoms. The minimum atomic E-state index is 0.0775. The van der Waals surface area contributed by atoms with Crippen molar-refractivity contribution >= 4 is 16.8 Å². The number of hydrogen-bond acceptors (Lipinski definition) is 4. The van der Waals surface area contributed by atoms with Gasteiger partial charge in [-0.2, -0.15) is 0 Å². The lowest BCUT2D eigenvalue weighted by Crippen LogP contribution is -2.39. The highest BCUT2D eigenvalue weighted by atomic mass is 16.2. The maximum absolute atomic E-state index is 13.8. The molecule has 3 heterocycles. The third-order valence-corrected chi connectivity index (χ3v) is 6.69. The molecule has 5 rings (SSSR count). The fourth-order valence-corrected chi connectivity index (χ4v) is 5.04. The number of nitrogens with zero attached hydrogens (tertiary/aromatic N) is 4. The van der Waals surface area contributed by atoms with E-state index >= 15 is 0 Å². The predicted octanol–water partition coefficient (Wildman–Crippen LogP) is 5.95. The summed E-state index contributed by atoms with van der Waals surface area (Å²) < 4.78 is 0. The van der Waals surface area contributed by atoms with Crippen LogP contribution >= 0.6 is 0 Å². The van der Waals surface area contributed by atoms with Gasteiger partial charge in [0.2, 0.25) is 0 Å². The summed E-state index contributed by atoms with van der Waals surface area (Å²) in [7, 11) is 0. The molecular formula is C29H30N4O. The van der Waals surface area contributed by atoms with E-state index in [1.54, 1.807) is 0 Å². The zero-order chi connectivity index (χ0) is 23.8. The first kappa shape index (κ1) is 22.2. The molecule has 1 saturated heterocycles. The molecule has 0 aliphatic carbocycles. The molecule has 0 unspecified atom stereocenters. The highest BCUT2D eigenvalue weighted by molar-refractivity contribution is 6.06. The summed E-state index contributed by atoms with van der Waals surface area (Å²) in [4.78, 5) is 29.8. The van der Waals surface area contributed by atoms with Crippen LogP contribution in [0.2, 0.25) is 0 Å². The summed E-state index contributed by atoms with van der Waals surface area (Å²) in [6.07, 6.45) is 3.90. The molecule has 172 valence electrons. The molecule has 0 N–H and O–H groups in total. The van der Waals surface area contributed by atoms with Crippen LogP contribution < -0.4 is 0 Å². The second-order valence-corrected chi connectivity index (χ2v) is 9.51. The Morgan fingerprint density at radius 2 is 1.79 bits per heavy atom. The smallest absolute Gasteiger partial charge is 0.254 e. The third-order valence-electron chi connectivity index (χ3n) is 6.69. The van der Waals surface area contributed by atoms with Crippen molar-refractivity contribution in [2.45, 2.75) is 46.5 Å². The van der Waals surface area contributed by atoms with Crippen LogP contribution in [0, 0.1) is 27.7 Å². The van der Waals surface area contributed by atoms with Gasteiger partial charge in [0.15, 0.2) is 0 Å². The largest absolute Gasteiger partial charge is 0.338 e. The van der Waals surface area contributed by atoms with Crippen LogP contribution in [0.25, 0.3) is 22.0 Å². The minimum absolute atomic E-state index is 0.0775. The Balaban J connectivity index is 1.50. The van der Waals surface area contributed by atoms with Crippen molar-refractivity contribution in [2.75, 3.05) is 13.1 Å². The number of hydrogen-bond donors (Lipinski definition) is 0. The summed E-state index contributed by atoms with van der Waals surface area (Å²) in [5.74, 6) is 1.01. The van der Waals surface area contributed by atoms with Crippen molar-refractivity contribution in [1.29, 1.82) is 0 Å². The number of carbonyl (C=O) groups excluding carboxylic acids is 1. The molecule has 0 spiro atoms. The van der Waals surface area contributed by atoms with E-state index in [1.165, 1.54) is 5.56 Å². The van der Waals surface area contributed by atoms with Crippen LogP contribution in [-0.4, -0.2) is 38.8 Å². The summed E-state index contributed by atoms with van der Waals surface area (Å²) in [6.45, 7) is 9.45. The first-order chi connectivity index (χ1) is 16.4. The second-order valence-electron chi connectivity index (χ2n) is 9.51. The van der Waals surface area contributed by atoms with E-state index in [-0.39, 0.29) is 11.8 Å². The van der Waals surface area contributed by atoms with Gasteiger partial charge in [-0.1, -0.05) is 41.5 Å². The zero-order valence-electron chi connectivity index (χ0n) is 20.3. The number of likely N-dealkylation sites (tertiary alicyclic amines) is 1. The number of rotatable bonds is 3. The van der Waals surface area contributed by atoms with Gasteiger partial charge in [-0.15, -0.1) is 0 Å². The highest BCUT2D eigenvalue weighted by Gasteiger charge is 2.29. The number of piperidine rings is 1. The Morgan fingerprint density at radius 1 is 0.971 bits per heavy atom. The fraction of sp³-hybridized carbons (Fsp3) is 0.310. The van der Waals surface area contributed by atoms with Gasteiger partial charge in [0.1, 0.15) is 5.82 Å². The minimum Gasteiger partial charge on any atom is -0.338 e. The summed E-state index contributed by atoms with van der Waals surface area (Å²) in [5, 5.41) is 0.927. The van der Waals surface area contributed by atoms with E-state index < -0.39 is 0 Å². The maximum Gasteiger partial charge on any atom is 0.254 e. The molecule has 1 atom stereocenters. The third kappa shape index (κ3) is 4.30. The number of aryl methyl sites for hydroxylation is 4. The van der Waals surface area contributed by atoms with E-state index in [0.717, 1.165) is 69.8 Å². The van der Waals surface area contributed by atoms with Gasteiger partial charge in [-0.25, -0.2) is 9.97 Å². The highest BCUT2D eigenvalue weighted by Crippen LogP contribution is 2.34. The fourth-order valence-electron chi connectivity index (χ4n) is 5.04. The topological polar surface area (TPSA) is 59.0 Å². The Labute approximate surface area is 200 Å². The Bertz CT molecular complexity index is 1390. The van der Waals surface area contributed by atoms with E-state index in [1.807, 2.05) is 43.1 Å². The molecule has 1 aliphatic rings. The summed E-state index contributed by atoms with van der Waals surface area (Å²) >= 11 is 0. The van der Waals surface area contributed by atoms with Crippen LogP contribution in [0.3, 0.4) is 0 Å². The predicted molar refractivity (Wildman–Crippen MR) is 136 cm³/mol. The van der Waals surface area contributed by atoms with Crippen LogP contribution in [0.5, 0.6) is 0 Å². The molecule has 2 aromatic carbocycles. The van der Waals surface area contributed by atoms with Crippen LogP contribution in [0.4, 0.5) is 0 Å². The van der Waals surface area contributed by atoms with Gasteiger partial charge < -0.3 is 4.90 Å². The van der Waals surface area contributed by atoms with E-state index in [9.17, 15) is 4.79 Å². The molecular weight excluding hydrogens is 420 g/mol. The number of benzene rings is 2.